The van der Waals surface area contributed by atoms with Gasteiger partial charge in [0.25, 0.3) is 11.5 Å². The zero-order valence-corrected chi connectivity index (χ0v) is 28.5. The lowest BCUT2D eigenvalue weighted by atomic mass is 9.86. The number of halogens is 1. The van der Waals surface area contributed by atoms with E-state index >= 15 is 4.39 Å². The molecule has 9 nitrogen and oxygen atoms in total. The van der Waals surface area contributed by atoms with Crippen LogP contribution in [0.25, 0.3) is 11.1 Å². The number of carbonyl (C=O) groups is 1. The number of hydrogen-bond donors (Lipinski definition) is 2. The van der Waals surface area contributed by atoms with E-state index < -0.39 is 5.82 Å². The van der Waals surface area contributed by atoms with E-state index in [9.17, 15) is 9.59 Å². The van der Waals surface area contributed by atoms with Crippen molar-refractivity contribution in [2.75, 3.05) is 54.9 Å². The summed E-state index contributed by atoms with van der Waals surface area (Å²) in [7, 11) is 1.66. The third kappa shape index (κ3) is 7.45. The molecule has 4 heterocycles. The van der Waals surface area contributed by atoms with Gasteiger partial charge in [0, 0.05) is 62.3 Å². The Morgan fingerprint density at radius 3 is 2.31 bits per heavy atom. The molecule has 2 aromatic heterocycles. The minimum atomic E-state index is -0.497. The van der Waals surface area contributed by atoms with E-state index in [1.54, 1.807) is 31.4 Å². The largest absolute Gasteiger partial charge is 0.379 e. The van der Waals surface area contributed by atoms with Crippen molar-refractivity contribution in [2.45, 2.75) is 52.0 Å². The Labute approximate surface area is 281 Å². The van der Waals surface area contributed by atoms with Crippen LogP contribution in [0.1, 0.15) is 55.1 Å². The van der Waals surface area contributed by atoms with E-state index in [-0.39, 0.29) is 16.9 Å². The van der Waals surface area contributed by atoms with Crippen LogP contribution in [-0.2, 0) is 17.2 Å². The molecule has 6 rings (SSSR count). The number of ether oxygens (including phenoxy) is 1. The fourth-order valence-electron chi connectivity index (χ4n) is 6.59. The Balaban J connectivity index is 1.17. The lowest BCUT2D eigenvalue weighted by Gasteiger charge is -2.40. The van der Waals surface area contributed by atoms with E-state index in [4.69, 9.17) is 4.74 Å². The van der Waals surface area contributed by atoms with Crippen molar-refractivity contribution in [3.8, 4) is 11.1 Å². The van der Waals surface area contributed by atoms with Gasteiger partial charge in [0.2, 0.25) is 0 Å². The molecule has 2 aliphatic rings. The van der Waals surface area contributed by atoms with Gasteiger partial charge in [-0.05, 0) is 84.3 Å². The average Bonchev–Trinajstić information content (AvgIpc) is 3.08. The van der Waals surface area contributed by atoms with Gasteiger partial charge < -0.3 is 24.8 Å². The maximum atomic E-state index is 15.0. The number of morpholine rings is 1. The molecule has 0 unspecified atom stereocenters. The number of pyridine rings is 2. The van der Waals surface area contributed by atoms with Crippen LogP contribution in [0, 0.1) is 12.7 Å². The third-order valence-electron chi connectivity index (χ3n) is 9.53. The Morgan fingerprint density at radius 1 is 0.958 bits per heavy atom. The highest BCUT2D eigenvalue weighted by Gasteiger charge is 2.26. The number of anilines is 4. The van der Waals surface area contributed by atoms with Crippen molar-refractivity contribution in [1.29, 1.82) is 0 Å². The lowest BCUT2D eigenvalue weighted by Crippen LogP contribution is -2.49. The van der Waals surface area contributed by atoms with Gasteiger partial charge in [-0.1, -0.05) is 32.9 Å². The fraction of sp³-hybridized carbons (Fsp3) is 0.395. The zero-order chi connectivity index (χ0) is 34.0. The van der Waals surface area contributed by atoms with Crippen LogP contribution in [-0.4, -0.2) is 65.8 Å². The number of benzene rings is 2. The Morgan fingerprint density at radius 2 is 1.67 bits per heavy atom. The molecule has 252 valence electrons. The number of piperidine rings is 1. The van der Waals surface area contributed by atoms with E-state index in [1.165, 1.54) is 16.7 Å². The number of nitrogens with zero attached hydrogens (tertiary/aromatic N) is 4. The van der Waals surface area contributed by atoms with Gasteiger partial charge >= 0.3 is 0 Å². The highest BCUT2D eigenvalue weighted by atomic mass is 19.1. The first-order valence-corrected chi connectivity index (χ1v) is 16.7. The Bertz CT molecular complexity index is 1820. The smallest absolute Gasteiger partial charge is 0.274 e. The van der Waals surface area contributed by atoms with Gasteiger partial charge in [0.05, 0.1) is 25.1 Å². The molecule has 0 atom stereocenters. The van der Waals surface area contributed by atoms with Gasteiger partial charge in [0.15, 0.2) is 0 Å². The summed E-state index contributed by atoms with van der Waals surface area (Å²) in [4.78, 5) is 35.8. The van der Waals surface area contributed by atoms with Crippen molar-refractivity contribution >= 4 is 28.8 Å². The predicted octanol–water partition coefficient (Wildman–Crippen LogP) is 6.49. The van der Waals surface area contributed by atoms with Gasteiger partial charge in [-0.3, -0.25) is 14.5 Å². The maximum Gasteiger partial charge on any atom is 0.274 e. The first-order chi connectivity index (χ1) is 23.0. The molecule has 0 spiro atoms. The fourth-order valence-corrected chi connectivity index (χ4v) is 6.59. The number of rotatable bonds is 7. The monoisotopic (exact) mass is 652 g/mol. The van der Waals surface area contributed by atoms with Crippen molar-refractivity contribution in [3.05, 3.63) is 99.9 Å². The normalized spacial score (nSPS) is 16.2. The molecule has 48 heavy (non-hydrogen) atoms. The molecule has 0 bridgehead atoms. The van der Waals surface area contributed by atoms with Crippen LogP contribution in [0.4, 0.5) is 27.3 Å². The number of aryl methyl sites for hydroxylation is 1. The van der Waals surface area contributed by atoms with Crippen molar-refractivity contribution < 1.29 is 13.9 Å². The van der Waals surface area contributed by atoms with Crippen molar-refractivity contribution in [2.24, 2.45) is 7.05 Å². The van der Waals surface area contributed by atoms with Gasteiger partial charge in [-0.2, -0.15) is 0 Å². The summed E-state index contributed by atoms with van der Waals surface area (Å²) in [5.41, 5.74) is 4.93. The summed E-state index contributed by atoms with van der Waals surface area (Å²) in [6.45, 7) is 13.8. The molecule has 0 saturated carbocycles. The molecule has 10 heteroatoms. The highest BCUT2D eigenvalue weighted by Crippen LogP contribution is 2.32. The van der Waals surface area contributed by atoms with Crippen LogP contribution >= 0.6 is 0 Å². The van der Waals surface area contributed by atoms with Crippen LogP contribution in [0.5, 0.6) is 0 Å². The molecule has 2 aromatic carbocycles. The molecule has 4 aromatic rings. The molecule has 2 aliphatic heterocycles. The molecular weight excluding hydrogens is 607 g/mol. The number of carbonyl (C=O) groups excluding carboxylic acids is 1. The van der Waals surface area contributed by atoms with E-state index in [0.29, 0.717) is 45.5 Å². The lowest BCUT2D eigenvalue weighted by molar-refractivity contribution is 0.0115. The Hall–Kier alpha value is -4.54. The quantitative estimate of drug-likeness (QED) is 0.236. The van der Waals surface area contributed by atoms with Crippen LogP contribution in [0.2, 0.25) is 0 Å². The van der Waals surface area contributed by atoms with E-state index in [1.807, 2.05) is 37.4 Å². The molecule has 2 saturated heterocycles. The number of hydrogen-bond acceptors (Lipinski definition) is 7. The van der Waals surface area contributed by atoms with Crippen LogP contribution in [0.3, 0.4) is 0 Å². The zero-order valence-electron chi connectivity index (χ0n) is 28.5. The molecule has 0 aliphatic carbocycles. The van der Waals surface area contributed by atoms with Crippen LogP contribution in [0.15, 0.2) is 71.8 Å². The predicted molar refractivity (Wildman–Crippen MR) is 190 cm³/mol. The highest BCUT2D eigenvalue weighted by molar-refractivity contribution is 6.05. The van der Waals surface area contributed by atoms with Gasteiger partial charge in [-0.25, -0.2) is 9.37 Å². The summed E-state index contributed by atoms with van der Waals surface area (Å²) in [5.74, 6) is -0.282. The average molecular weight is 653 g/mol. The number of amides is 1. The summed E-state index contributed by atoms with van der Waals surface area (Å²) < 4.78 is 22.0. The minimum absolute atomic E-state index is 0.0347. The van der Waals surface area contributed by atoms with Crippen LogP contribution < -0.4 is 21.1 Å². The number of nitrogens with one attached hydrogen (secondary N) is 2. The third-order valence-corrected chi connectivity index (χ3v) is 9.53. The molecule has 1 amide bonds. The summed E-state index contributed by atoms with van der Waals surface area (Å²) in [5, 5.41) is 6.06. The summed E-state index contributed by atoms with van der Waals surface area (Å²) in [6.07, 6.45) is 5.73. The minimum Gasteiger partial charge on any atom is -0.379 e. The Kier molecular flexibility index (Phi) is 9.66. The van der Waals surface area contributed by atoms with Crippen molar-refractivity contribution in [1.82, 2.24) is 14.5 Å². The molecular formula is C38H45FN6O3. The molecule has 2 N–H and O–H groups in total. The topological polar surface area (TPSA) is 91.7 Å². The first kappa shape index (κ1) is 33.4. The van der Waals surface area contributed by atoms with Gasteiger partial charge in [-0.15, -0.1) is 0 Å². The van der Waals surface area contributed by atoms with Crippen molar-refractivity contribution in [3.63, 3.8) is 0 Å². The standard InChI is InChI=1S/C38H45FN6O3/c1-25-32(21-29(39)22-33(25)42-36(46)26-6-8-28(9-7-26)38(2,3)4)27-20-34(37(47)43(5)24-27)41-35-11-10-31(23-40-35)44-14-12-30(13-15-44)45-16-18-48-19-17-45/h6-11,20-24,30H,12-19H2,1-5H3,(H,40,41)(H,42,46). The SMILES string of the molecule is Cc1c(NC(=O)c2ccc(C(C)(C)C)cc2)cc(F)cc1-c1cc(Nc2ccc(N3CCC(N4CCOCC4)CC3)cn2)c(=O)n(C)c1. The molecule has 2 fully saturated rings. The molecule has 0 radical (unpaired) electrons. The van der Waals surface area contributed by atoms with Gasteiger partial charge in [0.1, 0.15) is 17.3 Å². The van der Waals surface area contributed by atoms with E-state index in [0.717, 1.165) is 63.5 Å². The second-order valence-electron chi connectivity index (χ2n) is 13.9. The summed E-state index contributed by atoms with van der Waals surface area (Å²) >= 11 is 0. The summed E-state index contributed by atoms with van der Waals surface area (Å²) in [6, 6.07) is 16.4. The second-order valence-corrected chi connectivity index (χ2v) is 13.9. The maximum absolute atomic E-state index is 15.0. The van der Waals surface area contributed by atoms with E-state index in [2.05, 4.69) is 46.2 Å². The number of aromatic nitrogens is 2. The second kappa shape index (κ2) is 13.9. The first-order valence-electron chi connectivity index (χ1n) is 16.7.